The molecule has 0 saturated heterocycles. The van der Waals surface area contributed by atoms with Gasteiger partial charge in [0.15, 0.2) is 0 Å². The first-order valence-corrected chi connectivity index (χ1v) is 6.78. The van der Waals surface area contributed by atoms with Crippen molar-refractivity contribution >= 4 is 11.3 Å². The summed E-state index contributed by atoms with van der Waals surface area (Å²) in [5, 5.41) is 2.05. The predicted molar refractivity (Wildman–Crippen MR) is 73.8 cm³/mol. The number of hydrogen-bond donors (Lipinski definition) is 1. The molecule has 2 rings (SSSR count). The summed E-state index contributed by atoms with van der Waals surface area (Å²) in [6.07, 6.45) is 0. The molecule has 2 N–H and O–H groups in total. The van der Waals surface area contributed by atoms with Gasteiger partial charge in [0.2, 0.25) is 0 Å². The van der Waals surface area contributed by atoms with Crippen LogP contribution in [0.4, 0.5) is 0 Å². The van der Waals surface area contributed by atoms with Gasteiger partial charge in [0.05, 0.1) is 13.2 Å². The van der Waals surface area contributed by atoms with Gasteiger partial charge in [0, 0.05) is 11.4 Å². The minimum absolute atomic E-state index is 0.560. The molecule has 0 radical (unpaired) electrons. The average Bonchev–Trinajstić information content (AvgIpc) is 2.92. The van der Waals surface area contributed by atoms with E-state index in [1.165, 1.54) is 4.88 Å². The molecule has 96 valence electrons. The van der Waals surface area contributed by atoms with Crippen LogP contribution in [-0.2, 0) is 17.9 Å². The van der Waals surface area contributed by atoms with Crippen molar-refractivity contribution in [3.63, 3.8) is 0 Å². The van der Waals surface area contributed by atoms with Gasteiger partial charge in [-0.25, -0.2) is 0 Å². The van der Waals surface area contributed by atoms with E-state index in [4.69, 9.17) is 15.2 Å². The quantitative estimate of drug-likeness (QED) is 0.781. The molecule has 0 unspecified atom stereocenters. The highest BCUT2D eigenvalue weighted by molar-refractivity contribution is 7.09. The minimum atomic E-state index is 0.560. The Morgan fingerprint density at radius 2 is 1.89 bits per heavy atom. The van der Waals surface area contributed by atoms with Gasteiger partial charge in [-0.15, -0.1) is 11.3 Å². The molecule has 18 heavy (non-hydrogen) atoms. The van der Waals surface area contributed by atoms with Crippen LogP contribution in [0, 0.1) is 0 Å². The average molecular weight is 263 g/mol. The van der Waals surface area contributed by atoms with Gasteiger partial charge in [-0.1, -0.05) is 18.2 Å². The Morgan fingerprint density at radius 1 is 1.06 bits per heavy atom. The Labute approximate surface area is 111 Å². The van der Waals surface area contributed by atoms with Crippen molar-refractivity contribution in [1.82, 2.24) is 0 Å². The van der Waals surface area contributed by atoms with Gasteiger partial charge in [-0.2, -0.15) is 0 Å². The second-order valence-corrected chi connectivity index (χ2v) is 4.86. The molecule has 0 atom stereocenters. The third kappa shape index (κ3) is 4.14. The van der Waals surface area contributed by atoms with E-state index in [0.717, 1.165) is 11.3 Å². The summed E-state index contributed by atoms with van der Waals surface area (Å²) in [5.41, 5.74) is 6.63. The second-order valence-electron chi connectivity index (χ2n) is 3.83. The fourth-order valence-corrected chi connectivity index (χ4v) is 2.15. The number of thiophene rings is 1. The van der Waals surface area contributed by atoms with E-state index in [2.05, 4.69) is 6.07 Å². The lowest BCUT2D eigenvalue weighted by Crippen LogP contribution is -2.06. The van der Waals surface area contributed by atoms with Gasteiger partial charge in [-0.3, -0.25) is 0 Å². The molecule has 0 amide bonds. The molecule has 1 aromatic carbocycles. The van der Waals surface area contributed by atoms with Gasteiger partial charge in [-0.05, 0) is 29.1 Å². The first-order valence-electron chi connectivity index (χ1n) is 5.90. The molecule has 2 aromatic rings. The van der Waals surface area contributed by atoms with Crippen LogP contribution >= 0.6 is 11.3 Å². The molecule has 4 heteroatoms. The highest BCUT2D eigenvalue weighted by atomic mass is 32.1. The molecular weight excluding hydrogens is 246 g/mol. The number of benzene rings is 1. The van der Waals surface area contributed by atoms with E-state index in [9.17, 15) is 0 Å². The SMILES string of the molecule is NCc1ccc(OCCOCc2cccs2)cc1. The highest BCUT2D eigenvalue weighted by Gasteiger charge is 1.96. The van der Waals surface area contributed by atoms with Crippen molar-refractivity contribution in [2.24, 2.45) is 5.73 Å². The number of nitrogens with two attached hydrogens (primary N) is 1. The molecule has 1 heterocycles. The second kappa shape index (κ2) is 7.16. The fraction of sp³-hybridized carbons (Fsp3) is 0.286. The summed E-state index contributed by atoms with van der Waals surface area (Å²) in [5.74, 6) is 0.854. The Morgan fingerprint density at radius 3 is 2.56 bits per heavy atom. The zero-order valence-corrected chi connectivity index (χ0v) is 11.0. The minimum Gasteiger partial charge on any atom is -0.491 e. The molecule has 0 aliphatic heterocycles. The van der Waals surface area contributed by atoms with Gasteiger partial charge < -0.3 is 15.2 Å². The van der Waals surface area contributed by atoms with E-state index in [1.807, 2.05) is 35.7 Å². The lowest BCUT2D eigenvalue weighted by atomic mass is 10.2. The largest absolute Gasteiger partial charge is 0.491 e. The number of ether oxygens (including phenoxy) is 2. The lowest BCUT2D eigenvalue weighted by Gasteiger charge is -2.07. The van der Waals surface area contributed by atoms with Crippen LogP contribution < -0.4 is 10.5 Å². The molecular formula is C14H17NO2S. The monoisotopic (exact) mass is 263 g/mol. The van der Waals surface area contributed by atoms with Crippen LogP contribution in [0.25, 0.3) is 0 Å². The van der Waals surface area contributed by atoms with Crippen LogP contribution in [0.15, 0.2) is 41.8 Å². The third-order valence-corrected chi connectivity index (χ3v) is 3.33. The van der Waals surface area contributed by atoms with E-state index in [-0.39, 0.29) is 0 Å². The number of rotatable bonds is 7. The first kappa shape index (κ1) is 13.1. The van der Waals surface area contributed by atoms with Crippen molar-refractivity contribution in [3.05, 3.63) is 52.2 Å². The van der Waals surface area contributed by atoms with Crippen molar-refractivity contribution in [1.29, 1.82) is 0 Å². The Kier molecular flexibility index (Phi) is 5.20. The fourth-order valence-electron chi connectivity index (χ4n) is 1.51. The van der Waals surface area contributed by atoms with Gasteiger partial charge in [0.1, 0.15) is 12.4 Å². The molecule has 1 aromatic heterocycles. The Bertz CT molecular complexity index is 439. The van der Waals surface area contributed by atoms with Crippen LogP contribution in [0.1, 0.15) is 10.4 Å². The zero-order chi connectivity index (χ0) is 12.6. The van der Waals surface area contributed by atoms with Crippen LogP contribution in [-0.4, -0.2) is 13.2 Å². The smallest absolute Gasteiger partial charge is 0.119 e. The Hall–Kier alpha value is -1.36. The third-order valence-electron chi connectivity index (χ3n) is 2.48. The zero-order valence-electron chi connectivity index (χ0n) is 10.2. The molecule has 0 fully saturated rings. The number of hydrogen-bond acceptors (Lipinski definition) is 4. The molecule has 0 aliphatic carbocycles. The lowest BCUT2D eigenvalue weighted by molar-refractivity contribution is 0.0905. The summed E-state index contributed by atoms with van der Waals surface area (Å²) >= 11 is 1.70. The molecule has 3 nitrogen and oxygen atoms in total. The van der Waals surface area contributed by atoms with Crippen molar-refractivity contribution < 1.29 is 9.47 Å². The summed E-state index contributed by atoms with van der Waals surface area (Å²) in [4.78, 5) is 1.24. The molecule has 0 spiro atoms. The van der Waals surface area contributed by atoms with Crippen molar-refractivity contribution in [2.45, 2.75) is 13.2 Å². The van der Waals surface area contributed by atoms with Gasteiger partial charge in [0.25, 0.3) is 0 Å². The van der Waals surface area contributed by atoms with Crippen molar-refractivity contribution in [2.75, 3.05) is 13.2 Å². The predicted octanol–water partition coefficient (Wildman–Crippen LogP) is 2.80. The van der Waals surface area contributed by atoms with Crippen molar-refractivity contribution in [3.8, 4) is 5.75 Å². The van der Waals surface area contributed by atoms with Crippen LogP contribution in [0.2, 0.25) is 0 Å². The standard InChI is InChI=1S/C14H17NO2S/c15-10-12-3-5-13(6-4-12)17-8-7-16-11-14-2-1-9-18-14/h1-6,9H,7-8,10-11,15H2. The summed E-state index contributed by atoms with van der Waals surface area (Å²) in [6, 6.07) is 11.9. The van der Waals surface area contributed by atoms with E-state index in [1.54, 1.807) is 11.3 Å². The maximum atomic E-state index is 5.56. The molecule has 0 saturated carbocycles. The highest BCUT2D eigenvalue weighted by Crippen LogP contribution is 2.12. The van der Waals surface area contributed by atoms with Crippen LogP contribution in [0.5, 0.6) is 5.75 Å². The molecule has 0 aliphatic rings. The van der Waals surface area contributed by atoms with Crippen LogP contribution in [0.3, 0.4) is 0 Å². The van der Waals surface area contributed by atoms with E-state index < -0.39 is 0 Å². The summed E-state index contributed by atoms with van der Waals surface area (Å²) in [6.45, 7) is 2.38. The van der Waals surface area contributed by atoms with E-state index in [0.29, 0.717) is 26.4 Å². The Balaban J connectivity index is 1.62. The van der Waals surface area contributed by atoms with E-state index >= 15 is 0 Å². The summed E-state index contributed by atoms with van der Waals surface area (Å²) < 4.78 is 11.1. The first-order chi connectivity index (χ1) is 8.88. The summed E-state index contributed by atoms with van der Waals surface area (Å²) in [7, 11) is 0. The topological polar surface area (TPSA) is 44.5 Å². The maximum Gasteiger partial charge on any atom is 0.119 e. The van der Waals surface area contributed by atoms with Gasteiger partial charge >= 0.3 is 0 Å². The maximum absolute atomic E-state index is 5.56. The molecule has 0 bridgehead atoms. The normalized spacial score (nSPS) is 10.5.